The molecule has 0 spiro atoms. The molecule has 0 aliphatic carbocycles. The normalized spacial score (nSPS) is 10.2. The highest BCUT2D eigenvalue weighted by atomic mass is 16.5. The second-order valence-corrected chi connectivity index (χ2v) is 4.52. The summed E-state index contributed by atoms with van der Waals surface area (Å²) < 4.78 is 9.97. The minimum atomic E-state index is -0.132. The van der Waals surface area contributed by atoms with Crippen LogP contribution < -0.4 is 4.74 Å². The molecular formula is C15H22O3. The van der Waals surface area contributed by atoms with Crippen LogP contribution in [0.15, 0.2) is 12.1 Å². The van der Waals surface area contributed by atoms with E-state index in [2.05, 4.69) is 30.7 Å². The lowest BCUT2D eigenvalue weighted by atomic mass is 10.0. The Bertz CT molecular complexity index is 410. The predicted molar refractivity (Wildman–Crippen MR) is 72.0 cm³/mol. The Morgan fingerprint density at radius 3 is 2.50 bits per heavy atom. The van der Waals surface area contributed by atoms with E-state index in [1.165, 1.54) is 23.8 Å². The summed E-state index contributed by atoms with van der Waals surface area (Å²) in [5.74, 6) is 0.811. The zero-order valence-electron chi connectivity index (χ0n) is 11.7. The molecule has 3 nitrogen and oxygen atoms in total. The molecule has 0 saturated heterocycles. The number of hydrogen-bond acceptors (Lipinski definition) is 3. The third kappa shape index (κ3) is 4.06. The molecule has 1 aromatic carbocycles. The zero-order valence-corrected chi connectivity index (χ0v) is 11.7. The Hall–Kier alpha value is -1.51. The summed E-state index contributed by atoms with van der Waals surface area (Å²) in [6.07, 6.45) is 3.32. The molecule has 0 aliphatic heterocycles. The van der Waals surface area contributed by atoms with E-state index in [4.69, 9.17) is 4.74 Å². The molecule has 3 heteroatoms. The van der Waals surface area contributed by atoms with E-state index in [9.17, 15) is 4.79 Å². The largest absolute Gasteiger partial charge is 0.496 e. The van der Waals surface area contributed by atoms with Crippen LogP contribution in [-0.4, -0.2) is 20.2 Å². The summed E-state index contributed by atoms with van der Waals surface area (Å²) in [6.45, 7) is 4.16. The standard InChI is InChI=1S/C15H22O3/c1-11-9-13(10-14(17-3)12(11)2)7-5-6-8-15(16)18-4/h9-10H,5-8H2,1-4H3. The highest BCUT2D eigenvalue weighted by Gasteiger charge is 2.05. The summed E-state index contributed by atoms with van der Waals surface area (Å²) in [5, 5.41) is 0. The van der Waals surface area contributed by atoms with Crippen LogP contribution in [-0.2, 0) is 16.0 Å². The molecule has 0 radical (unpaired) electrons. The van der Waals surface area contributed by atoms with Crippen LogP contribution >= 0.6 is 0 Å². The number of aryl methyl sites for hydroxylation is 2. The third-order valence-corrected chi connectivity index (χ3v) is 3.22. The number of ether oxygens (including phenoxy) is 2. The number of unbranched alkanes of at least 4 members (excludes halogenated alkanes) is 1. The van der Waals surface area contributed by atoms with Crippen LogP contribution in [0.2, 0.25) is 0 Å². The van der Waals surface area contributed by atoms with E-state index < -0.39 is 0 Å². The number of benzene rings is 1. The molecule has 0 heterocycles. The minimum Gasteiger partial charge on any atom is -0.496 e. The Balaban J connectivity index is 2.52. The van der Waals surface area contributed by atoms with Crippen molar-refractivity contribution in [3.63, 3.8) is 0 Å². The van der Waals surface area contributed by atoms with Crippen molar-refractivity contribution in [1.82, 2.24) is 0 Å². The molecule has 0 unspecified atom stereocenters. The van der Waals surface area contributed by atoms with Gasteiger partial charge in [0, 0.05) is 6.42 Å². The summed E-state index contributed by atoms with van der Waals surface area (Å²) in [4.78, 5) is 11.0. The van der Waals surface area contributed by atoms with E-state index in [1.54, 1.807) is 7.11 Å². The monoisotopic (exact) mass is 250 g/mol. The van der Waals surface area contributed by atoms with E-state index >= 15 is 0 Å². The highest BCUT2D eigenvalue weighted by molar-refractivity contribution is 5.68. The number of esters is 1. The lowest BCUT2D eigenvalue weighted by Gasteiger charge is -2.11. The van der Waals surface area contributed by atoms with Crippen molar-refractivity contribution in [3.05, 3.63) is 28.8 Å². The van der Waals surface area contributed by atoms with Crippen molar-refractivity contribution in [2.45, 2.75) is 39.5 Å². The average Bonchev–Trinajstić information content (AvgIpc) is 2.38. The molecule has 100 valence electrons. The molecule has 0 bridgehead atoms. The van der Waals surface area contributed by atoms with E-state index in [-0.39, 0.29) is 5.97 Å². The molecule has 0 fully saturated rings. The third-order valence-electron chi connectivity index (χ3n) is 3.22. The summed E-state index contributed by atoms with van der Waals surface area (Å²) in [7, 11) is 3.12. The van der Waals surface area contributed by atoms with Crippen LogP contribution in [0.4, 0.5) is 0 Å². The molecule has 0 aliphatic rings. The number of methoxy groups -OCH3 is 2. The van der Waals surface area contributed by atoms with Gasteiger partial charge in [-0.1, -0.05) is 6.07 Å². The highest BCUT2D eigenvalue weighted by Crippen LogP contribution is 2.24. The molecule has 0 amide bonds. The van der Waals surface area contributed by atoms with Crippen molar-refractivity contribution in [1.29, 1.82) is 0 Å². The first kappa shape index (κ1) is 14.6. The number of rotatable bonds is 6. The molecule has 18 heavy (non-hydrogen) atoms. The van der Waals surface area contributed by atoms with Gasteiger partial charge in [-0.15, -0.1) is 0 Å². The van der Waals surface area contributed by atoms with Crippen molar-refractivity contribution in [2.24, 2.45) is 0 Å². The topological polar surface area (TPSA) is 35.5 Å². The molecule has 1 aromatic rings. The van der Waals surface area contributed by atoms with E-state index in [0.29, 0.717) is 6.42 Å². The van der Waals surface area contributed by atoms with Gasteiger partial charge < -0.3 is 9.47 Å². The van der Waals surface area contributed by atoms with Gasteiger partial charge in [0.2, 0.25) is 0 Å². The van der Waals surface area contributed by atoms with Crippen LogP contribution in [0.1, 0.15) is 36.0 Å². The maximum absolute atomic E-state index is 11.0. The van der Waals surface area contributed by atoms with Crippen LogP contribution in [0, 0.1) is 13.8 Å². The molecule has 0 saturated carbocycles. The SMILES string of the molecule is COC(=O)CCCCc1cc(C)c(C)c(OC)c1. The number of carbonyl (C=O) groups is 1. The lowest BCUT2D eigenvalue weighted by molar-refractivity contribution is -0.140. The van der Waals surface area contributed by atoms with Gasteiger partial charge in [-0.2, -0.15) is 0 Å². The van der Waals surface area contributed by atoms with Gasteiger partial charge in [-0.25, -0.2) is 0 Å². The lowest BCUT2D eigenvalue weighted by Crippen LogP contribution is -2.00. The Labute approximate surface area is 109 Å². The summed E-state index contributed by atoms with van der Waals surface area (Å²) >= 11 is 0. The maximum atomic E-state index is 11.0. The predicted octanol–water partition coefficient (Wildman–Crippen LogP) is 3.20. The fraction of sp³-hybridized carbons (Fsp3) is 0.533. The van der Waals surface area contributed by atoms with Crippen molar-refractivity contribution in [2.75, 3.05) is 14.2 Å². The van der Waals surface area contributed by atoms with Crippen molar-refractivity contribution >= 4 is 5.97 Å². The van der Waals surface area contributed by atoms with Gasteiger partial charge in [-0.05, 0) is 55.9 Å². The van der Waals surface area contributed by atoms with Gasteiger partial charge in [0.1, 0.15) is 5.75 Å². The second kappa shape index (κ2) is 7.04. The first-order valence-electron chi connectivity index (χ1n) is 6.29. The minimum absolute atomic E-state index is 0.132. The van der Waals surface area contributed by atoms with Gasteiger partial charge in [0.25, 0.3) is 0 Å². The number of hydrogen-bond donors (Lipinski definition) is 0. The molecule has 0 aromatic heterocycles. The quantitative estimate of drug-likeness (QED) is 0.574. The smallest absolute Gasteiger partial charge is 0.305 e. The summed E-state index contributed by atoms with van der Waals surface area (Å²) in [5.41, 5.74) is 3.70. The fourth-order valence-corrected chi connectivity index (χ4v) is 1.96. The molecule has 0 N–H and O–H groups in total. The van der Waals surface area contributed by atoms with Gasteiger partial charge >= 0.3 is 5.97 Å². The van der Waals surface area contributed by atoms with Gasteiger partial charge in [0.05, 0.1) is 14.2 Å². The van der Waals surface area contributed by atoms with E-state index in [1.807, 2.05) is 0 Å². The van der Waals surface area contributed by atoms with Crippen LogP contribution in [0.25, 0.3) is 0 Å². The first-order chi connectivity index (χ1) is 8.58. The summed E-state index contributed by atoms with van der Waals surface area (Å²) in [6, 6.07) is 4.27. The molecule has 1 rings (SSSR count). The maximum Gasteiger partial charge on any atom is 0.305 e. The zero-order chi connectivity index (χ0) is 13.5. The average molecular weight is 250 g/mol. The Kier molecular flexibility index (Phi) is 5.69. The second-order valence-electron chi connectivity index (χ2n) is 4.52. The number of carbonyl (C=O) groups excluding carboxylic acids is 1. The van der Waals surface area contributed by atoms with Crippen LogP contribution in [0.5, 0.6) is 5.75 Å². The molecular weight excluding hydrogens is 228 g/mol. The fourth-order valence-electron chi connectivity index (χ4n) is 1.96. The van der Waals surface area contributed by atoms with Crippen LogP contribution in [0.3, 0.4) is 0 Å². The Morgan fingerprint density at radius 1 is 1.17 bits per heavy atom. The first-order valence-corrected chi connectivity index (χ1v) is 6.29. The molecule has 0 atom stereocenters. The van der Waals surface area contributed by atoms with Gasteiger partial charge in [-0.3, -0.25) is 4.79 Å². The Morgan fingerprint density at radius 2 is 1.89 bits per heavy atom. The van der Waals surface area contributed by atoms with E-state index in [0.717, 1.165) is 25.0 Å². The van der Waals surface area contributed by atoms with Crippen molar-refractivity contribution in [3.8, 4) is 5.75 Å². The van der Waals surface area contributed by atoms with Gasteiger partial charge in [0.15, 0.2) is 0 Å². The van der Waals surface area contributed by atoms with Crippen molar-refractivity contribution < 1.29 is 14.3 Å².